The number of carbonyl (C=O) groups excluding carboxylic acids is 3. The normalized spacial score (nSPS) is 31.4. The number of amides is 3. The number of hydrogen-bond donors (Lipinski definition) is 1. The van der Waals surface area contributed by atoms with Crippen molar-refractivity contribution in [1.29, 1.82) is 5.26 Å². The highest BCUT2D eigenvalue weighted by Crippen LogP contribution is 2.61. The van der Waals surface area contributed by atoms with Crippen LogP contribution in [-0.4, -0.2) is 66.3 Å². The highest BCUT2D eigenvalue weighted by atomic mass is 32.3. The van der Waals surface area contributed by atoms with E-state index in [-0.39, 0.29) is 13.0 Å². The summed E-state index contributed by atoms with van der Waals surface area (Å²) in [7, 11) is -0.892. The van der Waals surface area contributed by atoms with E-state index < -0.39 is 85.8 Å². The summed E-state index contributed by atoms with van der Waals surface area (Å²) in [6.45, 7) is 3.32. The third-order valence-electron chi connectivity index (χ3n) is 7.32. The molecule has 0 saturated carbocycles. The van der Waals surface area contributed by atoms with Crippen molar-refractivity contribution in [1.82, 2.24) is 5.32 Å². The average Bonchev–Trinajstić information content (AvgIpc) is 3.26. The van der Waals surface area contributed by atoms with Crippen molar-refractivity contribution in [3.05, 3.63) is 29.1 Å². The summed E-state index contributed by atoms with van der Waals surface area (Å²) in [5, 5.41) is 11.7. The summed E-state index contributed by atoms with van der Waals surface area (Å²) in [5.74, 6) is -5.28. The minimum Gasteiger partial charge on any atom is -0.449 e. The largest absolute Gasteiger partial charge is 0.449 e. The third-order valence-corrected chi connectivity index (χ3v) is 8.71. The lowest BCUT2D eigenvalue weighted by molar-refractivity contribution is -0.140. The van der Waals surface area contributed by atoms with Gasteiger partial charge < -0.3 is 14.8 Å². The van der Waals surface area contributed by atoms with E-state index in [0.717, 1.165) is 12.1 Å². The van der Waals surface area contributed by atoms with Gasteiger partial charge in [0.15, 0.2) is 5.82 Å². The summed E-state index contributed by atoms with van der Waals surface area (Å²) < 4.78 is 67.1. The third kappa shape index (κ3) is 4.33. The molecule has 0 spiro atoms. The van der Waals surface area contributed by atoms with Crippen molar-refractivity contribution in [2.24, 2.45) is 11.8 Å². The fourth-order valence-corrected chi connectivity index (χ4v) is 6.25. The molecule has 3 fully saturated rings. The molecule has 2 bridgehead atoms. The molecule has 37 heavy (non-hydrogen) atoms. The number of nitriles is 1. The number of nitrogens with zero attached hydrogens (tertiary/aromatic N) is 2. The summed E-state index contributed by atoms with van der Waals surface area (Å²) >= 11 is 0. The molecule has 1 aromatic carbocycles. The van der Waals surface area contributed by atoms with Crippen molar-refractivity contribution in [3.8, 4) is 6.07 Å². The van der Waals surface area contributed by atoms with Crippen LogP contribution in [0.1, 0.15) is 31.4 Å². The van der Waals surface area contributed by atoms with Crippen LogP contribution in [-0.2, 0) is 25.2 Å². The second-order valence-electron chi connectivity index (χ2n) is 10.8. The number of halogens is 4. The van der Waals surface area contributed by atoms with E-state index in [0.29, 0.717) is 10.7 Å². The lowest BCUT2D eigenvalue weighted by atomic mass is 9.66. The van der Waals surface area contributed by atoms with Crippen LogP contribution in [0.5, 0.6) is 0 Å². The molecule has 202 valence electrons. The quantitative estimate of drug-likeness (QED) is 0.448. The van der Waals surface area contributed by atoms with Crippen LogP contribution in [0.4, 0.5) is 28.0 Å². The molecular weight excluding hydrogens is 518 g/mol. The molecule has 1 aromatic rings. The van der Waals surface area contributed by atoms with Gasteiger partial charge in [-0.2, -0.15) is 18.4 Å². The van der Waals surface area contributed by atoms with Gasteiger partial charge in [0.1, 0.15) is 12.2 Å². The molecule has 1 N–H and O–H groups in total. The van der Waals surface area contributed by atoms with E-state index in [9.17, 15) is 27.6 Å². The second-order valence-corrected chi connectivity index (χ2v) is 15.4. The summed E-state index contributed by atoms with van der Waals surface area (Å²) in [5.41, 5.74) is -6.31. The maximum absolute atomic E-state index is 15.1. The first-order valence-corrected chi connectivity index (χ1v) is 14.4. The second kappa shape index (κ2) is 8.59. The van der Waals surface area contributed by atoms with Gasteiger partial charge in [0.25, 0.3) is 0 Å². The Hall–Kier alpha value is -2.85. The Morgan fingerprint density at radius 1 is 1.24 bits per heavy atom. The van der Waals surface area contributed by atoms with Gasteiger partial charge in [0.05, 0.1) is 46.4 Å². The van der Waals surface area contributed by atoms with Crippen LogP contribution in [0.15, 0.2) is 12.1 Å². The summed E-state index contributed by atoms with van der Waals surface area (Å²) in [6, 6.07) is 2.10. The SMILES string of the molecule is C[C@@]12O[C@@](C)(C[C@@H]1NC(=O)OCCS(C)(C)C)[C@@H]1C(=O)N(c3ccc(C#N)c(C(F)(F)F)c3F)C(=O)[C@@H]12. The Morgan fingerprint density at radius 2 is 1.86 bits per heavy atom. The van der Waals surface area contributed by atoms with Crippen molar-refractivity contribution >= 4 is 33.6 Å². The Bertz CT molecular complexity index is 1230. The molecule has 0 unspecified atom stereocenters. The molecule has 3 amide bonds. The molecule has 3 saturated heterocycles. The Kier molecular flexibility index (Phi) is 6.31. The number of carbonyl (C=O) groups is 3. The zero-order valence-electron chi connectivity index (χ0n) is 20.9. The lowest BCUT2D eigenvalue weighted by Gasteiger charge is -2.35. The van der Waals surface area contributed by atoms with Crippen molar-refractivity contribution in [2.45, 2.75) is 43.7 Å². The molecule has 0 radical (unpaired) electrons. The highest BCUT2D eigenvalue weighted by Gasteiger charge is 2.76. The molecule has 3 aliphatic heterocycles. The molecule has 13 heteroatoms. The number of alkyl carbamates (subject to hydrolysis) is 1. The molecule has 5 atom stereocenters. The van der Waals surface area contributed by atoms with Crippen LogP contribution in [0.3, 0.4) is 0 Å². The predicted octanol–water partition coefficient (Wildman–Crippen LogP) is 3.56. The van der Waals surface area contributed by atoms with Gasteiger partial charge in [0.2, 0.25) is 11.8 Å². The monoisotopic (exact) mass is 545 g/mol. The van der Waals surface area contributed by atoms with Gasteiger partial charge in [-0.25, -0.2) is 24.1 Å². The van der Waals surface area contributed by atoms with E-state index in [4.69, 9.17) is 14.7 Å². The number of rotatable bonds is 5. The van der Waals surface area contributed by atoms with Crippen LogP contribution >= 0.6 is 10.0 Å². The molecular formula is C24H27F4N3O5S. The minimum absolute atomic E-state index is 0.140. The Labute approximate surface area is 212 Å². The zero-order chi connectivity index (χ0) is 27.7. The molecule has 4 rings (SSSR count). The number of alkyl halides is 3. The van der Waals surface area contributed by atoms with Gasteiger partial charge in [0, 0.05) is 12.2 Å². The fraction of sp³-hybridized carbons (Fsp3) is 0.583. The lowest BCUT2D eigenvalue weighted by Crippen LogP contribution is -2.56. The van der Waals surface area contributed by atoms with Crippen molar-refractivity contribution in [3.63, 3.8) is 0 Å². The van der Waals surface area contributed by atoms with Crippen molar-refractivity contribution in [2.75, 3.05) is 36.0 Å². The number of hydrogen-bond acceptors (Lipinski definition) is 6. The summed E-state index contributed by atoms with van der Waals surface area (Å²) in [4.78, 5) is 39.7. The molecule has 0 aromatic heterocycles. The van der Waals surface area contributed by atoms with E-state index >= 15 is 4.39 Å². The fourth-order valence-electron chi connectivity index (χ4n) is 5.66. The first kappa shape index (κ1) is 27.2. The first-order chi connectivity index (χ1) is 16.9. The van der Waals surface area contributed by atoms with Gasteiger partial charge >= 0.3 is 12.3 Å². The smallest absolute Gasteiger partial charge is 0.420 e. The predicted molar refractivity (Wildman–Crippen MR) is 127 cm³/mol. The number of anilines is 1. The van der Waals surface area contributed by atoms with E-state index in [2.05, 4.69) is 24.1 Å². The Morgan fingerprint density at radius 3 is 2.43 bits per heavy atom. The van der Waals surface area contributed by atoms with E-state index in [1.165, 1.54) is 13.0 Å². The van der Waals surface area contributed by atoms with Crippen LogP contribution in [0, 0.1) is 29.0 Å². The number of benzene rings is 1. The maximum Gasteiger partial charge on any atom is 0.420 e. The van der Waals surface area contributed by atoms with Crippen LogP contribution in [0.25, 0.3) is 0 Å². The zero-order valence-corrected chi connectivity index (χ0v) is 21.7. The first-order valence-electron chi connectivity index (χ1n) is 11.4. The minimum atomic E-state index is -5.23. The number of imide groups is 1. The van der Waals surface area contributed by atoms with Crippen LogP contribution in [0.2, 0.25) is 0 Å². The Balaban J connectivity index is 1.63. The number of ether oxygens (including phenoxy) is 2. The topological polar surface area (TPSA) is 109 Å². The van der Waals surface area contributed by atoms with E-state index in [1.54, 1.807) is 6.92 Å². The molecule has 8 nitrogen and oxygen atoms in total. The highest BCUT2D eigenvalue weighted by molar-refractivity contribution is 8.32. The van der Waals surface area contributed by atoms with Crippen LogP contribution < -0.4 is 10.2 Å². The number of nitrogens with one attached hydrogen (secondary N) is 1. The van der Waals surface area contributed by atoms with Gasteiger partial charge in [-0.1, -0.05) is 0 Å². The molecule has 3 aliphatic rings. The van der Waals surface area contributed by atoms with Gasteiger partial charge in [-0.05, 0) is 44.7 Å². The molecule has 0 aliphatic carbocycles. The summed E-state index contributed by atoms with van der Waals surface area (Å²) in [6.07, 6.45) is 0.416. The van der Waals surface area contributed by atoms with Crippen molar-refractivity contribution < 1.29 is 41.4 Å². The van der Waals surface area contributed by atoms with E-state index in [1.807, 2.05) is 0 Å². The van der Waals surface area contributed by atoms with Gasteiger partial charge in [-0.3, -0.25) is 9.59 Å². The average molecular weight is 546 g/mol. The van der Waals surface area contributed by atoms with Gasteiger partial charge in [-0.15, -0.1) is 0 Å². The number of fused-ring (bicyclic) bond motifs is 5. The molecule has 3 heterocycles. The standard InChI is InChI=1S/C24H27F4N3O5S/c1-22-10-14(30-21(34)35-8-9-37(3,4)5)23(2,36-22)17-16(22)19(32)31(20(17)33)13-7-6-12(11-29)15(18(13)25)24(26,27)28/h6-7,14,16-17H,8-10H2,1-5H3,(H,30,34)/t14-,16-,17+,22-,23+/m0/s1. The maximum atomic E-state index is 15.1.